The van der Waals surface area contributed by atoms with Crippen molar-refractivity contribution in [3.63, 3.8) is 0 Å². The Labute approximate surface area is 126 Å². The quantitative estimate of drug-likeness (QED) is 0.883. The van der Waals surface area contributed by atoms with E-state index >= 15 is 0 Å². The average Bonchev–Trinajstić information content (AvgIpc) is 2.77. The minimum atomic E-state index is 0.0472. The molecular formula is C13H16N6OS. The molecule has 7 nitrogen and oxygen atoms in total. The number of carbonyl (C=O) groups excluding carboxylic acids is 1. The molecule has 0 aliphatic carbocycles. The first kappa shape index (κ1) is 13.9. The van der Waals surface area contributed by atoms with E-state index in [0.717, 1.165) is 31.0 Å². The Morgan fingerprint density at radius 2 is 2.19 bits per heavy atom. The summed E-state index contributed by atoms with van der Waals surface area (Å²) in [4.78, 5) is 14.5. The highest BCUT2D eigenvalue weighted by molar-refractivity contribution is 7.99. The van der Waals surface area contributed by atoms with Crippen molar-refractivity contribution in [2.45, 2.75) is 6.42 Å². The number of hydrogen-bond donors (Lipinski definition) is 1. The second-order valence-electron chi connectivity index (χ2n) is 4.76. The van der Waals surface area contributed by atoms with Crippen molar-refractivity contribution in [3.05, 3.63) is 29.8 Å². The Kier molecular flexibility index (Phi) is 4.05. The Hall–Kier alpha value is -2.09. The number of aromatic nitrogens is 4. The van der Waals surface area contributed by atoms with Crippen LogP contribution < -0.4 is 5.73 Å². The number of rotatable bonds is 2. The van der Waals surface area contributed by atoms with Gasteiger partial charge >= 0.3 is 0 Å². The summed E-state index contributed by atoms with van der Waals surface area (Å²) in [7, 11) is 0. The van der Waals surface area contributed by atoms with Crippen LogP contribution in [0.1, 0.15) is 16.8 Å². The molecule has 110 valence electrons. The molecule has 2 heterocycles. The number of anilines is 1. The molecule has 1 fully saturated rings. The third kappa shape index (κ3) is 2.99. The van der Waals surface area contributed by atoms with Crippen LogP contribution in [0.3, 0.4) is 0 Å². The van der Waals surface area contributed by atoms with E-state index < -0.39 is 0 Å². The van der Waals surface area contributed by atoms with Gasteiger partial charge < -0.3 is 10.6 Å². The van der Waals surface area contributed by atoms with E-state index in [0.29, 0.717) is 11.3 Å². The van der Waals surface area contributed by atoms with Gasteiger partial charge in [-0.25, -0.2) is 0 Å². The SMILES string of the molecule is Nc1nnnn1-c1cccc(C(=O)N2CCCSCC2)c1. The molecule has 1 saturated heterocycles. The molecular weight excluding hydrogens is 288 g/mol. The summed E-state index contributed by atoms with van der Waals surface area (Å²) in [5.74, 6) is 2.35. The molecule has 1 aromatic carbocycles. The fourth-order valence-corrected chi connectivity index (χ4v) is 3.17. The van der Waals surface area contributed by atoms with E-state index in [-0.39, 0.29) is 11.9 Å². The predicted octanol–water partition coefficient (Wildman–Crippen LogP) is 0.824. The first-order valence-electron chi connectivity index (χ1n) is 6.77. The van der Waals surface area contributed by atoms with E-state index in [2.05, 4.69) is 15.5 Å². The van der Waals surface area contributed by atoms with Gasteiger partial charge in [0.05, 0.1) is 5.69 Å². The van der Waals surface area contributed by atoms with Crippen LogP contribution in [0.5, 0.6) is 0 Å². The van der Waals surface area contributed by atoms with Gasteiger partial charge in [-0.05, 0) is 40.8 Å². The zero-order valence-corrected chi connectivity index (χ0v) is 12.3. The summed E-state index contributed by atoms with van der Waals surface area (Å²) in [5.41, 5.74) is 7.01. The topological polar surface area (TPSA) is 89.9 Å². The number of nitrogen functional groups attached to an aromatic ring is 1. The summed E-state index contributed by atoms with van der Waals surface area (Å²) in [6.07, 6.45) is 1.04. The number of nitrogens with zero attached hydrogens (tertiary/aromatic N) is 5. The highest BCUT2D eigenvalue weighted by Gasteiger charge is 2.18. The molecule has 0 atom stereocenters. The molecule has 21 heavy (non-hydrogen) atoms. The number of nitrogens with two attached hydrogens (primary N) is 1. The second kappa shape index (κ2) is 6.13. The van der Waals surface area contributed by atoms with E-state index in [1.54, 1.807) is 6.07 Å². The fourth-order valence-electron chi connectivity index (χ4n) is 2.28. The monoisotopic (exact) mass is 304 g/mol. The number of hydrogen-bond acceptors (Lipinski definition) is 6. The lowest BCUT2D eigenvalue weighted by Crippen LogP contribution is -2.33. The summed E-state index contributed by atoms with van der Waals surface area (Å²) in [6.45, 7) is 1.60. The van der Waals surface area contributed by atoms with Crippen LogP contribution in [0.2, 0.25) is 0 Å². The first-order valence-corrected chi connectivity index (χ1v) is 7.92. The van der Waals surface area contributed by atoms with E-state index in [9.17, 15) is 4.79 Å². The minimum Gasteiger partial charge on any atom is -0.366 e. The van der Waals surface area contributed by atoms with Gasteiger partial charge in [-0.2, -0.15) is 16.4 Å². The van der Waals surface area contributed by atoms with Crippen molar-refractivity contribution >= 4 is 23.6 Å². The van der Waals surface area contributed by atoms with Crippen molar-refractivity contribution in [2.75, 3.05) is 30.3 Å². The zero-order chi connectivity index (χ0) is 14.7. The molecule has 0 unspecified atom stereocenters. The second-order valence-corrected chi connectivity index (χ2v) is 5.98. The summed E-state index contributed by atoms with van der Waals surface area (Å²) >= 11 is 1.89. The maximum Gasteiger partial charge on any atom is 0.253 e. The molecule has 1 aliphatic heterocycles. The minimum absolute atomic E-state index is 0.0472. The van der Waals surface area contributed by atoms with Gasteiger partial charge in [0.25, 0.3) is 5.91 Å². The number of carbonyl (C=O) groups is 1. The molecule has 8 heteroatoms. The van der Waals surface area contributed by atoms with Crippen molar-refractivity contribution in [2.24, 2.45) is 0 Å². The van der Waals surface area contributed by atoms with Crippen LogP contribution >= 0.6 is 11.8 Å². The lowest BCUT2D eigenvalue weighted by Gasteiger charge is -2.20. The number of thioether (sulfide) groups is 1. The lowest BCUT2D eigenvalue weighted by atomic mass is 10.1. The predicted molar refractivity (Wildman–Crippen MR) is 81.4 cm³/mol. The van der Waals surface area contributed by atoms with Gasteiger partial charge in [-0.1, -0.05) is 11.2 Å². The number of amides is 1. The highest BCUT2D eigenvalue weighted by Crippen LogP contribution is 2.16. The van der Waals surface area contributed by atoms with E-state index in [1.165, 1.54) is 4.68 Å². The molecule has 0 saturated carbocycles. The Morgan fingerprint density at radius 1 is 1.29 bits per heavy atom. The van der Waals surface area contributed by atoms with Crippen molar-refractivity contribution in [1.29, 1.82) is 0 Å². The van der Waals surface area contributed by atoms with E-state index in [1.807, 2.05) is 34.9 Å². The molecule has 0 spiro atoms. The maximum absolute atomic E-state index is 12.6. The first-order chi connectivity index (χ1) is 10.3. The molecule has 2 aromatic rings. The summed E-state index contributed by atoms with van der Waals surface area (Å²) in [5, 5.41) is 11.0. The van der Waals surface area contributed by atoms with Gasteiger partial charge in [-0.3, -0.25) is 4.79 Å². The van der Waals surface area contributed by atoms with Crippen LogP contribution in [0.25, 0.3) is 5.69 Å². The van der Waals surface area contributed by atoms with Gasteiger partial charge in [-0.15, -0.1) is 0 Å². The fraction of sp³-hybridized carbons (Fsp3) is 0.385. The van der Waals surface area contributed by atoms with Gasteiger partial charge in [0.15, 0.2) is 0 Å². The van der Waals surface area contributed by atoms with Crippen LogP contribution in [0.4, 0.5) is 5.95 Å². The molecule has 2 N–H and O–H groups in total. The van der Waals surface area contributed by atoms with Gasteiger partial charge in [0.1, 0.15) is 0 Å². The largest absolute Gasteiger partial charge is 0.366 e. The van der Waals surface area contributed by atoms with Gasteiger partial charge in [0, 0.05) is 24.4 Å². The zero-order valence-electron chi connectivity index (χ0n) is 11.5. The lowest BCUT2D eigenvalue weighted by molar-refractivity contribution is 0.0768. The summed E-state index contributed by atoms with van der Waals surface area (Å²) in [6, 6.07) is 7.22. The van der Waals surface area contributed by atoms with E-state index in [4.69, 9.17) is 5.73 Å². The molecule has 0 bridgehead atoms. The van der Waals surface area contributed by atoms with Crippen LogP contribution in [0, 0.1) is 0 Å². The third-order valence-corrected chi connectivity index (χ3v) is 4.39. The van der Waals surface area contributed by atoms with Crippen molar-refractivity contribution in [1.82, 2.24) is 25.1 Å². The van der Waals surface area contributed by atoms with Crippen LogP contribution in [-0.4, -0.2) is 55.6 Å². The molecule has 3 rings (SSSR count). The summed E-state index contributed by atoms with van der Waals surface area (Å²) < 4.78 is 1.41. The number of benzene rings is 1. The normalized spacial score (nSPS) is 15.7. The molecule has 1 aromatic heterocycles. The third-order valence-electron chi connectivity index (χ3n) is 3.34. The Morgan fingerprint density at radius 3 is 3.00 bits per heavy atom. The Bertz CT molecular complexity index is 635. The average molecular weight is 304 g/mol. The van der Waals surface area contributed by atoms with Crippen LogP contribution in [-0.2, 0) is 0 Å². The van der Waals surface area contributed by atoms with Crippen molar-refractivity contribution < 1.29 is 4.79 Å². The standard InChI is InChI=1S/C13H16N6OS/c14-13-15-16-17-19(13)11-4-1-3-10(9-11)12(20)18-5-2-7-21-8-6-18/h1,3-4,9H,2,5-8H2,(H2,14,15,17). The smallest absolute Gasteiger partial charge is 0.253 e. The molecule has 0 radical (unpaired) electrons. The van der Waals surface area contributed by atoms with Crippen molar-refractivity contribution in [3.8, 4) is 5.69 Å². The molecule has 1 amide bonds. The molecule has 1 aliphatic rings. The maximum atomic E-state index is 12.6. The Balaban J connectivity index is 1.85. The van der Waals surface area contributed by atoms with Crippen LogP contribution in [0.15, 0.2) is 24.3 Å². The van der Waals surface area contributed by atoms with Gasteiger partial charge in [0.2, 0.25) is 5.95 Å². The number of tetrazole rings is 1. The highest BCUT2D eigenvalue weighted by atomic mass is 32.2.